The van der Waals surface area contributed by atoms with E-state index in [2.05, 4.69) is 20.8 Å². The zero-order chi connectivity index (χ0) is 14.5. The van der Waals surface area contributed by atoms with Gasteiger partial charge in [-0.25, -0.2) is 0 Å². The molecule has 2 aromatic rings. The lowest BCUT2D eigenvalue weighted by molar-refractivity contribution is -0.117. The highest BCUT2D eigenvalue weighted by molar-refractivity contribution is 5.91. The van der Waals surface area contributed by atoms with Gasteiger partial charge in [0.05, 0.1) is 5.69 Å². The summed E-state index contributed by atoms with van der Waals surface area (Å²) < 4.78 is 1.81. The second-order valence-electron chi connectivity index (χ2n) is 5.38. The Kier molecular flexibility index (Phi) is 4.25. The fourth-order valence-electron chi connectivity index (χ4n) is 2.65. The first-order valence-electron chi connectivity index (χ1n) is 7.27. The van der Waals surface area contributed by atoms with Crippen LogP contribution < -0.4 is 10.6 Å². The molecule has 1 amide bonds. The molecule has 1 unspecified atom stereocenters. The second kappa shape index (κ2) is 6.49. The quantitative estimate of drug-likeness (QED) is 0.895. The maximum absolute atomic E-state index is 12.1. The molecule has 0 bridgehead atoms. The zero-order valence-electron chi connectivity index (χ0n) is 11.8. The van der Waals surface area contributed by atoms with Crippen molar-refractivity contribution in [3.63, 3.8) is 0 Å². The highest BCUT2D eigenvalue weighted by atomic mass is 16.1. The minimum Gasteiger partial charge on any atom is -0.326 e. The van der Waals surface area contributed by atoms with Crippen molar-refractivity contribution < 1.29 is 4.79 Å². The number of aromatic nitrogens is 3. The Balaban J connectivity index is 1.62. The van der Waals surface area contributed by atoms with E-state index < -0.39 is 0 Å². The molecule has 2 heterocycles. The summed E-state index contributed by atoms with van der Waals surface area (Å²) >= 11 is 0. The van der Waals surface area contributed by atoms with E-state index in [9.17, 15) is 4.79 Å². The average molecular weight is 285 g/mol. The molecule has 6 heteroatoms. The third kappa shape index (κ3) is 3.66. The molecule has 1 fully saturated rings. The summed E-state index contributed by atoms with van der Waals surface area (Å²) in [6.45, 7) is 2.01. The molecule has 1 saturated heterocycles. The second-order valence-corrected chi connectivity index (χ2v) is 5.38. The lowest BCUT2D eigenvalue weighted by Gasteiger charge is -2.22. The van der Waals surface area contributed by atoms with Crippen molar-refractivity contribution in [3.05, 3.63) is 36.9 Å². The number of piperidine rings is 1. The van der Waals surface area contributed by atoms with Crippen LogP contribution >= 0.6 is 0 Å². The van der Waals surface area contributed by atoms with Crippen molar-refractivity contribution in [2.75, 3.05) is 18.4 Å². The van der Waals surface area contributed by atoms with Gasteiger partial charge in [0, 0.05) is 12.1 Å². The molecule has 0 spiro atoms. The number of benzene rings is 1. The first kappa shape index (κ1) is 13.8. The largest absolute Gasteiger partial charge is 0.326 e. The predicted octanol–water partition coefficient (Wildman–Crippen LogP) is 1.60. The molecule has 0 saturated carbocycles. The summed E-state index contributed by atoms with van der Waals surface area (Å²) in [6, 6.07) is 7.67. The van der Waals surface area contributed by atoms with Crippen LogP contribution in [0.3, 0.4) is 0 Å². The average Bonchev–Trinajstić information content (AvgIpc) is 3.02. The first-order valence-corrected chi connectivity index (χ1v) is 7.27. The molecule has 1 aromatic carbocycles. The summed E-state index contributed by atoms with van der Waals surface area (Å²) in [5.41, 5.74) is 1.73. The lowest BCUT2D eigenvalue weighted by atomic mass is 9.96. The fourth-order valence-corrected chi connectivity index (χ4v) is 2.65. The smallest absolute Gasteiger partial charge is 0.224 e. The number of nitrogens with zero attached hydrogens (tertiary/aromatic N) is 3. The molecule has 21 heavy (non-hydrogen) atoms. The predicted molar refractivity (Wildman–Crippen MR) is 80.2 cm³/mol. The molecule has 110 valence electrons. The highest BCUT2D eigenvalue weighted by Gasteiger charge is 2.16. The van der Waals surface area contributed by atoms with Crippen LogP contribution in [-0.4, -0.2) is 33.8 Å². The van der Waals surface area contributed by atoms with Crippen LogP contribution in [0.25, 0.3) is 5.69 Å². The normalized spacial score (nSPS) is 18.4. The van der Waals surface area contributed by atoms with Crippen molar-refractivity contribution in [1.82, 2.24) is 20.1 Å². The van der Waals surface area contributed by atoms with Gasteiger partial charge in [0.15, 0.2) is 0 Å². The van der Waals surface area contributed by atoms with E-state index in [1.807, 2.05) is 24.3 Å². The van der Waals surface area contributed by atoms with Gasteiger partial charge in [0.2, 0.25) is 5.91 Å². The molecule has 1 aliphatic heterocycles. The number of carbonyl (C=O) groups is 1. The van der Waals surface area contributed by atoms with Crippen molar-refractivity contribution in [3.8, 4) is 5.69 Å². The number of anilines is 1. The molecule has 2 N–H and O–H groups in total. The Morgan fingerprint density at radius 3 is 3.00 bits per heavy atom. The van der Waals surface area contributed by atoms with E-state index >= 15 is 0 Å². The van der Waals surface area contributed by atoms with Crippen molar-refractivity contribution in [2.24, 2.45) is 5.92 Å². The molecular weight excluding hydrogens is 266 g/mol. The summed E-state index contributed by atoms with van der Waals surface area (Å²) in [6.07, 6.45) is 6.12. The molecule has 3 rings (SSSR count). The minimum absolute atomic E-state index is 0.0737. The first-order chi connectivity index (χ1) is 10.3. The number of carbonyl (C=O) groups excluding carboxylic acids is 1. The van der Waals surface area contributed by atoms with Gasteiger partial charge in [-0.1, -0.05) is 6.07 Å². The van der Waals surface area contributed by atoms with E-state index in [-0.39, 0.29) is 5.91 Å². The topological polar surface area (TPSA) is 71.8 Å². The molecule has 1 atom stereocenters. The van der Waals surface area contributed by atoms with Crippen LogP contribution in [-0.2, 0) is 4.79 Å². The Morgan fingerprint density at radius 2 is 2.24 bits per heavy atom. The van der Waals surface area contributed by atoms with Crippen LogP contribution in [0.5, 0.6) is 0 Å². The van der Waals surface area contributed by atoms with Gasteiger partial charge in [-0.05, 0) is 50.0 Å². The number of hydrogen-bond acceptors (Lipinski definition) is 4. The van der Waals surface area contributed by atoms with Gasteiger partial charge in [-0.2, -0.15) is 0 Å². The standard InChI is InChI=1S/C15H19N5O/c21-15(7-12-3-2-6-16-9-12)19-13-4-1-5-14(8-13)20-10-17-18-11-20/h1,4-5,8,10-12,16H,2-3,6-7,9H2,(H,19,21). The molecule has 1 aromatic heterocycles. The summed E-state index contributed by atoms with van der Waals surface area (Å²) in [5.74, 6) is 0.518. The number of amides is 1. The number of hydrogen-bond donors (Lipinski definition) is 2. The number of nitrogens with one attached hydrogen (secondary N) is 2. The van der Waals surface area contributed by atoms with E-state index in [0.717, 1.165) is 37.3 Å². The minimum atomic E-state index is 0.0737. The highest BCUT2D eigenvalue weighted by Crippen LogP contribution is 2.17. The summed E-state index contributed by atoms with van der Waals surface area (Å²) in [7, 11) is 0. The van der Waals surface area contributed by atoms with E-state index in [4.69, 9.17) is 0 Å². The third-order valence-electron chi connectivity index (χ3n) is 3.72. The van der Waals surface area contributed by atoms with Crippen molar-refractivity contribution >= 4 is 11.6 Å². The third-order valence-corrected chi connectivity index (χ3v) is 3.72. The van der Waals surface area contributed by atoms with Crippen LogP contribution in [0.4, 0.5) is 5.69 Å². The fraction of sp³-hybridized carbons (Fsp3) is 0.400. The Labute approximate surface area is 123 Å². The Hall–Kier alpha value is -2.21. The van der Waals surface area contributed by atoms with Crippen molar-refractivity contribution in [2.45, 2.75) is 19.3 Å². The SMILES string of the molecule is O=C(CC1CCCNC1)Nc1cccc(-n2cnnc2)c1. The monoisotopic (exact) mass is 285 g/mol. The van der Waals surface area contributed by atoms with Gasteiger partial charge >= 0.3 is 0 Å². The van der Waals surface area contributed by atoms with Crippen LogP contribution in [0, 0.1) is 5.92 Å². The van der Waals surface area contributed by atoms with Gasteiger partial charge in [-0.3, -0.25) is 9.36 Å². The molecule has 0 aliphatic carbocycles. The van der Waals surface area contributed by atoms with Gasteiger partial charge in [-0.15, -0.1) is 10.2 Å². The maximum atomic E-state index is 12.1. The molecular formula is C15H19N5O. The zero-order valence-corrected chi connectivity index (χ0v) is 11.8. The van der Waals surface area contributed by atoms with Crippen LogP contribution in [0.1, 0.15) is 19.3 Å². The Morgan fingerprint density at radius 1 is 1.38 bits per heavy atom. The lowest BCUT2D eigenvalue weighted by Crippen LogP contribution is -2.32. The maximum Gasteiger partial charge on any atom is 0.224 e. The summed E-state index contributed by atoms with van der Waals surface area (Å²) in [5, 5.41) is 13.9. The molecule has 0 radical (unpaired) electrons. The van der Waals surface area contributed by atoms with Crippen molar-refractivity contribution in [1.29, 1.82) is 0 Å². The molecule has 6 nitrogen and oxygen atoms in total. The van der Waals surface area contributed by atoms with Crippen LogP contribution in [0.15, 0.2) is 36.9 Å². The van der Waals surface area contributed by atoms with Gasteiger partial charge in [0.25, 0.3) is 0 Å². The Bertz CT molecular complexity index is 590. The number of rotatable bonds is 4. The van der Waals surface area contributed by atoms with E-state index in [0.29, 0.717) is 12.3 Å². The van der Waals surface area contributed by atoms with E-state index in [1.54, 1.807) is 17.2 Å². The van der Waals surface area contributed by atoms with Gasteiger partial charge in [0.1, 0.15) is 12.7 Å². The van der Waals surface area contributed by atoms with Crippen LogP contribution in [0.2, 0.25) is 0 Å². The summed E-state index contributed by atoms with van der Waals surface area (Å²) in [4.78, 5) is 12.1. The molecule has 1 aliphatic rings. The van der Waals surface area contributed by atoms with Gasteiger partial charge < -0.3 is 10.6 Å². The van der Waals surface area contributed by atoms with E-state index in [1.165, 1.54) is 0 Å².